The van der Waals surface area contributed by atoms with Gasteiger partial charge in [-0.2, -0.15) is 0 Å². The smallest absolute Gasteiger partial charge is 0.224 e. The van der Waals surface area contributed by atoms with Crippen LogP contribution < -0.4 is 14.8 Å². The van der Waals surface area contributed by atoms with Crippen molar-refractivity contribution < 1.29 is 19.1 Å². The Balaban J connectivity index is 1.56. The van der Waals surface area contributed by atoms with Gasteiger partial charge in [-0.3, -0.25) is 9.59 Å². The average molecular weight is 389 g/mol. The Hall–Kier alpha value is -3.60. The number of ether oxygens (including phenoxy) is 2. The number of carbonyl (C=O) groups excluding carboxylic acids is 2. The van der Waals surface area contributed by atoms with Crippen LogP contribution in [0, 0.1) is 0 Å². The normalized spacial score (nSPS) is 10.2. The maximum atomic E-state index is 12.4. The van der Waals surface area contributed by atoms with Gasteiger partial charge in [0.25, 0.3) is 0 Å². The summed E-state index contributed by atoms with van der Waals surface area (Å²) >= 11 is 0. The van der Waals surface area contributed by atoms with E-state index in [9.17, 15) is 9.59 Å². The molecular formula is C24H23NO4. The molecule has 0 aliphatic carbocycles. The Bertz CT molecular complexity index is 952. The molecule has 0 bridgehead atoms. The first kappa shape index (κ1) is 20.1. The van der Waals surface area contributed by atoms with Gasteiger partial charge >= 0.3 is 0 Å². The van der Waals surface area contributed by atoms with Gasteiger partial charge in [-0.15, -0.1) is 0 Å². The molecule has 5 nitrogen and oxygen atoms in total. The van der Waals surface area contributed by atoms with E-state index in [1.807, 2.05) is 49.4 Å². The molecule has 0 heterocycles. The molecule has 3 aromatic rings. The fourth-order valence-electron chi connectivity index (χ4n) is 2.76. The van der Waals surface area contributed by atoms with E-state index in [0.717, 1.165) is 5.75 Å². The maximum Gasteiger partial charge on any atom is 0.224 e. The van der Waals surface area contributed by atoms with Crippen LogP contribution in [0.2, 0.25) is 0 Å². The van der Waals surface area contributed by atoms with E-state index in [1.54, 1.807) is 36.4 Å². The predicted molar refractivity (Wildman–Crippen MR) is 113 cm³/mol. The van der Waals surface area contributed by atoms with Crippen molar-refractivity contribution >= 4 is 17.4 Å². The lowest BCUT2D eigenvalue weighted by atomic mass is 10.1. The summed E-state index contributed by atoms with van der Waals surface area (Å²) in [4.78, 5) is 24.7. The zero-order valence-corrected chi connectivity index (χ0v) is 16.3. The molecule has 0 saturated heterocycles. The number of ketones is 1. The van der Waals surface area contributed by atoms with E-state index in [4.69, 9.17) is 9.47 Å². The molecule has 148 valence electrons. The maximum absolute atomic E-state index is 12.4. The van der Waals surface area contributed by atoms with Crippen molar-refractivity contribution in [2.75, 3.05) is 11.9 Å². The second kappa shape index (κ2) is 10.1. The number of amides is 1. The minimum atomic E-state index is -0.242. The SMILES string of the molecule is CCOc1ccc(C(=O)CCC(=O)Nc2ccccc2Oc2ccccc2)cc1. The molecule has 5 heteroatoms. The van der Waals surface area contributed by atoms with Crippen LogP contribution in [-0.2, 0) is 4.79 Å². The molecule has 1 amide bonds. The third-order valence-corrected chi connectivity index (χ3v) is 4.20. The number of nitrogens with one attached hydrogen (secondary N) is 1. The first-order valence-electron chi connectivity index (χ1n) is 9.53. The lowest BCUT2D eigenvalue weighted by molar-refractivity contribution is -0.116. The summed E-state index contributed by atoms with van der Waals surface area (Å²) in [5.41, 5.74) is 1.13. The molecular weight excluding hydrogens is 366 g/mol. The summed E-state index contributed by atoms with van der Waals surface area (Å²) in [5.74, 6) is 1.62. The molecule has 29 heavy (non-hydrogen) atoms. The van der Waals surface area contributed by atoms with E-state index in [-0.39, 0.29) is 24.5 Å². The van der Waals surface area contributed by atoms with Gasteiger partial charge in [0.15, 0.2) is 11.5 Å². The van der Waals surface area contributed by atoms with Gasteiger partial charge in [0, 0.05) is 18.4 Å². The van der Waals surface area contributed by atoms with Gasteiger partial charge < -0.3 is 14.8 Å². The van der Waals surface area contributed by atoms with E-state index in [0.29, 0.717) is 29.4 Å². The number of carbonyl (C=O) groups is 2. The number of hydrogen-bond acceptors (Lipinski definition) is 4. The summed E-state index contributed by atoms with van der Waals surface area (Å²) < 4.78 is 11.2. The Kier molecular flexibility index (Phi) is 7.00. The summed E-state index contributed by atoms with van der Waals surface area (Å²) in [6.07, 6.45) is 0.216. The minimum Gasteiger partial charge on any atom is -0.494 e. The number of anilines is 1. The molecule has 0 fully saturated rings. The summed E-state index contributed by atoms with van der Waals surface area (Å²) in [6.45, 7) is 2.48. The first-order chi connectivity index (χ1) is 14.2. The van der Waals surface area contributed by atoms with Gasteiger partial charge in [-0.05, 0) is 55.5 Å². The summed E-state index contributed by atoms with van der Waals surface area (Å²) in [7, 11) is 0. The highest BCUT2D eigenvalue weighted by Crippen LogP contribution is 2.29. The molecule has 0 radical (unpaired) electrons. The standard InChI is InChI=1S/C24H23NO4/c1-2-28-19-14-12-18(13-15-19)22(26)16-17-24(27)25-21-10-6-7-11-23(21)29-20-8-4-3-5-9-20/h3-15H,2,16-17H2,1H3,(H,25,27). The van der Waals surface area contributed by atoms with Gasteiger partial charge in [0.05, 0.1) is 12.3 Å². The van der Waals surface area contributed by atoms with Crippen molar-refractivity contribution in [1.29, 1.82) is 0 Å². The Morgan fingerprint density at radius 1 is 0.793 bits per heavy atom. The van der Waals surface area contributed by atoms with Crippen LogP contribution in [0.4, 0.5) is 5.69 Å². The molecule has 1 N–H and O–H groups in total. The zero-order valence-electron chi connectivity index (χ0n) is 16.3. The van der Waals surface area contributed by atoms with Crippen LogP contribution in [0.3, 0.4) is 0 Å². The van der Waals surface area contributed by atoms with Crippen molar-refractivity contribution in [2.24, 2.45) is 0 Å². The lowest BCUT2D eigenvalue weighted by Gasteiger charge is -2.12. The number of Topliss-reactive ketones (excluding diaryl/α,β-unsaturated/α-hetero) is 1. The van der Waals surface area contributed by atoms with E-state index < -0.39 is 0 Å². The summed E-state index contributed by atoms with van der Waals surface area (Å²) in [6, 6.07) is 23.5. The fourth-order valence-corrected chi connectivity index (χ4v) is 2.76. The van der Waals surface area contributed by atoms with Crippen LogP contribution in [0.15, 0.2) is 78.9 Å². The van der Waals surface area contributed by atoms with Gasteiger partial charge in [-0.1, -0.05) is 30.3 Å². The lowest BCUT2D eigenvalue weighted by Crippen LogP contribution is -2.14. The fraction of sp³-hybridized carbons (Fsp3) is 0.167. The second-order valence-corrected chi connectivity index (χ2v) is 6.34. The second-order valence-electron chi connectivity index (χ2n) is 6.34. The topological polar surface area (TPSA) is 64.6 Å². The molecule has 3 rings (SSSR count). The number of benzene rings is 3. The molecule has 0 aromatic heterocycles. The highest BCUT2D eigenvalue weighted by Gasteiger charge is 2.12. The zero-order chi connectivity index (χ0) is 20.5. The van der Waals surface area contributed by atoms with Crippen molar-refractivity contribution in [2.45, 2.75) is 19.8 Å². The highest BCUT2D eigenvalue weighted by atomic mass is 16.5. The number of para-hydroxylation sites is 3. The van der Waals surface area contributed by atoms with Gasteiger partial charge in [0.1, 0.15) is 11.5 Å². The molecule has 0 atom stereocenters. The Morgan fingerprint density at radius 2 is 1.48 bits per heavy atom. The van der Waals surface area contributed by atoms with Crippen LogP contribution >= 0.6 is 0 Å². The van der Waals surface area contributed by atoms with Crippen LogP contribution in [0.25, 0.3) is 0 Å². The van der Waals surface area contributed by atoms with Crippen molar-refractivity contribution in [1.82, 2.24) is 0 Å². The van der Waals surface area contributed by atoms with Crippen LogP contribution in [0.1, 0.15) is 30.1 Å². The van der Waals surface area contributed by atoms with Gasteiger partial charge in [-0.25, -0.2) is 0 Å². The quantitative estimate of drug-likeness (QED) is 0.492. The van der Waals surface area contributed by atoms with Crippen molar-refractivity contribution in [3.63, 3.8) is 0 Å². The van der Waals surface area contributed by atoms with Crippen LogP contribution in [-0.4, -0.2) is 18.3 Å². The largest absolute Gasteiger partial charge is 0.494 e. The predicted octanol–water partition coefficient (Wildman–Crippen LogP) is 5.48. The molecule has 0 unspecified atom stereocenters. The molecule has 0 saturated carbocycles. The Labute approximate surface area is 170 Å². The molecule has 3 aromatic carbocycles. The first-order valence-corrected chi connectivity index (χ1v) is 9.53. The van der Waals surface area contributed by atoms with E-state index >= 15 is 0 Å². The third kappa shape index (κ3) is 5.94. The third-order valence-electron chi connectivity index (χ3n) is 4.20. The molecule has 0 aliphatic rings. The Morgan fingerprint density at radius 3 is 2.21 bits per heavy atom. The average Bonchev–Trinajstić information content (AvgIpc) is 2.75. The minimum absolute atomic E-state index is 0.0861. The summed E-state index contributed by atoms with van der Waals surface area (Å²) in [5, 5.41) is 2.83. The van der Waals surface area contributed by atoms with Crippen molar-refractivity contribution in [3.8, 4) is 17.2 Å². The molecule has 0 aliphatic heterocycles. The van der Waals surface area contributed by atoms with Gasteiger partial charge in [0.2, 0.25) is 5.91 Å². The van der Waals surface area contributed by atoms with E-state index in [1.165, 1.54) is 0 Å². The highest BCUT2D eigenvalue weighted by molar-refractivity contribution is 6.00. The van der Waals surface area contributed by atoms with Crippen molar-refractivity contribution in [3.05, 3.63) is 84.4 Å². The number of hydrogen-bond donors (Lipinski definition) is 1. The molecule has 0 spiro atoms. The monoisotopic (exact) mass is 389 g/mol. The van der Waals surface area contributed by atoms with E-state index in [2.05, 4.69) is 5.32 Å². The van der Waals surface area contributed by atoms with Crippen LogP contribution in [0.5, 0.6) is 17.2 Å². The number of rotatable bonds is 9.